The largest absolute Gasteiger partial charge is 0.495 e. The van der Waals surface area contributed by atoms with Crippen molar-refractivity contribution in [3.05, 3.63) is 54.0 Å². The number of ether oxygens (including phenoxy) is 1. The van der Waals surface area contributed by atoms with Crippen molar-refractivity contribution in [3.8, 4) is 17.0 Å². The van der Waals surface area contributed by atoms with Crippen LogP contribution in [-0.2, 0) is 5.41 Å². The van der Waals surface area contributed by atoms with Crippen LogP contribution >= 0.6 is 0 Å². The van der Waals surface area contributed by atoms with Crippen molar-refractivity contribution in [3.63, 3.8) is 0 Å². The van der Waals surface area contributed by atoms with Gasteiger partial charge in [-0.15, -0.1) is 0 Å². The lowest BCUT2D eigenvalue weighted by molar-refractivity contribution is 0.420. The highest BCUT2D eigenvalue weighted by Crippen LogP contribution is 2.53. The molecule has 0 saturated heterocycles. The van der Waals surface area contributed by atoms with Crippen LogP contribution in [-0.4, -0.2) is 17.1 Å². The van der Waals surface area contributed by atoms with Gasteiger partial charge in [0.05, 0.1) is 12.8 Å². The topological polar surface area (TPSA) is 35.0 Å². The highest BCUT2D eigenvalue weighted by atomic mass is 16.5. The Labute approximate surface area is 123 Å². The van der Waals surface area contributed by atoms with Crippen molar-refractivity contribution in [1.29, 1.82) is 0 Å². The molecule has 2 heterocycles. The van der Waals surface area contributed by atoms with Gasteiger partial charge in [-0.25, -0.2) is 0 Å². The van der Waals surface area contributed by atoms with Gasteiger partial charge in [0.1, 0.15) is 5.75 Å². The molecule has 0 unspecified atom stereocenters. The van der Waals surface area contributed by atoms with Gasteiger partial charge in [0, 0.05) is 35.0 Å². The van der Waals surface area contributed by atoms with Gasteiger partial charge in [-0.2, -0.15) is 0 Å². The van der Waals surface area contributed by atoms with E-state index in [0.717, 1.165) is 27.8 Å². The van der Waals surface area contributed by atoms with Gasteiger partial charge in [0.25, 0.3) is 0 Å². The summed E-state index contributed by atoms with van der Waals surface area (Å²) in [6.45, 7) is 4.48. The van der Waals surface area contributed by atoms with Gasteiger partial charge in [-0.05, 0) is 34.7 Å². The molecule has 0 aliphatic heterocycles. The third kappa shape index (κ3) is 1.49. The summed E-state index contributed by atoms with van der Waals surface area (Å²) in [7, 11) is 1.72. The molecule has 1 aliphatic rings. The highest BCUT2D eigenvalue weighted by Gasteiger charge is 2.38. The predicted octanol–water partition coefficient (Wildman–Crippen LogP) is 3.94. The van der Waals surface area contributed by atoms with Crippen LogP contribution in [0.2, 0.25) is 0 Å². The Hall–Kier alpha value is -2.42. The highest BCUT2D eigenvalue weighted by molar-refractivity contribution is 5.99. The third-order valence-electron chi connectivity index (χ3n) is 4.49. The molecule has 3 heteroatoms. The molecule has 0 spiro atoms. The average molecular weight is 276 g/mol. The number of aromatic nitrogens is 2. The monoisotopic (exact) mass is 276 g/mol. The van der Waals surface area contributed by atoms with Crippen LogP contribution < -0.4 is 4.74 Å². The molecule has 4 rings (SSSR count). The average Bonchev–Trinajstić information content (AvgIpc) is 2.74. The maximum Gasteiger partial charge on any atom is 0.137 e. The molecular formula is C18H16N2O. The molecule has 0 atom stereocenters. The van der Waals surface area contributed by atoms with Crippen molar-refractivity contribution in [2.24, 2.45) is 0 Å². The fraction of sp³-hybridized carbons (Fsp3) is 0.222. The molecule has 3 nitrogen and oxygen atoms in total. The van der Waals surface area contributed by atoms with E-state index in [1.807, 2.05) is 30.7 Å². The maximum atomic E-state index is 5.74. The first-order valence-corrected chi connectivity index (χ1v) is 7.05. The summed E-state index contributed by atoms with van der Waals surface area (Å²) in [5.74, 6) is 0.876. The Balaban J connectivity index is 2.21. The molecule has 0 saturated carbocycles. The van der Waals surface area contributed by atoms with Crippen LogP contribution in [0, 0.1) is 0 Å². The van der Waals surface area contributed by atoms with Crippen molar-refractivity contribution in [2.45, 2.75) is 19.3 Å². The number of benzene rings is 1. The third-order valence-corrected chi connectivity index (χ3v) is 4.49. The molecule has 0 N–H and O–H groups in total. The van der Waals surface area contributed by atoms with Gasteiger partial charge in [-0.3, -0.25) is 9.97 Å². The second kappa shape index (κ2) is 4.04. The molecule has 0 bridgehead atoms. The van der Waals surface area contributed by atoms with E-state index in [2.05, 4.69) is 35.9 Å². The first kappa shape index (κ1) is 12.3. The molecule has 3 aromatic rings. The molecule has 21 heavy (non-hydrogen) atoms. The van der Waals surface area contributed by atoms with Crippen LogP contribution in [0.15, 0.2) is 42.9 Å². The van der Waals surface area contributed by atoms with Crippen LogP contribution in [0.4, 0.5) is 0 Å². The number of rotatable bonds is 1. The predicted molar refractivity (Wildman–Crippen MR) is 83.7 cm³/mol. The van der Waals surface area contributed by atoms with E-state index in [1.54, 1.807) is 7.11 Å². The Morgan fingerprint density at radius 2 is 1.95 bits per heavy atom. The minimum atomic E-state index is -0.0658. The number of hydrogen-bond acceptors (Lipinski definition) is 3. The fourth-order valence-corrected chi connectivity index (χ4v) is 3.40. The second-order valence-corrected chi connectivity index (χ2v) is 5.95. The standard InChI is InChI=1S/C18H16N2O/c1-18(2)13-5-4-7-20-16(13)15-14(18)9-11-6-8-19-10-12(11)17(15)21-3/h4-10H,1-3H3. The maximum absolute atomic E-state index is 5.74. The van der Waals surface area contributed by atoms with Gasteiger partial charge in [-0.1, -0.05) is 19.9 Å². The summed E-state index contributed by atoms with van der Waals surface area (Å²) in [5.41, 5.74) is 4.59. The number of fused-ring (bicyclic) bond motifs is 4. The molecule has 1 aliphatic carbocycles. The SMILES string of the molecule is COc1c2c(cc3ccncc13)C(C)(C)c1cccnc1-2. The normalized spacial score (nSPS) is 14.8. The Morgan fingerprint density at radius 1 is 1.10 bits per heavy atom. The molecule has 0 radical (unpaired) electrons. The van der Waals surface area contributed by atoms with Crippen molar-refractivity contribution < 1.29 is 4.74 Å². The molecule has 2 aromatic heterocycles. The second-order valence-electron chi connectivity index (χ2n) is 5.95. The Kier molecular flexibility index (Phi) is 2.37. The lowest BCUT2D eigenvalue weighted by Crippen LogP contribution is -2.15. The number of nitrogens with zero attached hydrogens (tertiary/aromatic N) is 2. The van der Waals surface area contributed by atoms with Crippen LogP contribution in [0.5, 0.6) is 5.75 Å². The van der Waals surface area contributed by atoms with Crippen molar-refractivity contribution >= 4 is 10.8 Å². The molecule has 0 amide bonds. The van der Waals surface area contributed by atoms with E-state index in [0.29, 0.717) is 0 Å². The zero-order valence-corrected chi connectivity index (χ0v) is 12.3. The number of methoxy groups -OCH3 is 1. The van der Waals surface area contributed by atoms with Gasteiger partial charge < -0.3 is 4.74 Å². The molecule has 104 valence electrons. The van der Waals surface area contributed by atoms with Crippen molar-refractivity contribution in [1.82, 2.24) is 9.97 Å². The Bertz CT molecular complexity index is 868. The smallest absolute Gasteiger partial charge is 0.137 e. The first-order chi connectivity index (χ1) is 10.1. The zero-order valence-electron chi connectivity index (χ0n) is 12.3. The molecular weight excluding hydrogens is 260 g/mol. The van der Waals surface area contributed by atoms with E-state index < -0.39 is 0 Å². The minimum absolute atomic E-state index is 0.0658. The summed E-state index contributed by atoms with van der Waals surface area (Å²) in [6, 6.07) is 8.44. The molecule has 0 fully saturated rings. The number of hydrogen-bond donors (Lipinski definition) is 0. The summed E-state index contributed by atoms with van der Waals surface area (Å²) < 4.78 is 5.74. The lowest BCUT2D eigenvalue weighted by Gasteiger charge is -2.21. The van der Waals surface area contributed by atoms with E-state index in [4.69, 9.17) is 4.74 Å². The minimum Gasteiger partial charge on any atom is -0.495 e. The van der Waals surface area contributed by atoms with Crippen LogP contribution in [0.1, 0.15) is 25.0 Å². The van der Waals surface area contributed by atoms with Gasteiger partial charge >= 0.3 is 0 Å². The summed E-state index contributed by atoms with van der Waals surface area (Å²) in [4.78, 5) is 8.85. The summed E-state index contributed by atoms with van der Waals surface area (Å²) in [6.07, 6.45) is 5.53. The first-order valence-electron chi connectivity index (χ1n) is 7.05. The summed E-state index contributed by atoms with van der Waals surface area (Å²) >= 11 is 0. The van der Waals surface area contributed by atoms with Crippen LogP contribution in [0.3, 0.4) is 0 Å². The number of pyridine rings is 2. The van der Waals surface area contributed by atoms with E-state index in [9.17, 15) is 0 Å². The van der Waals surface area contributed by atoms with E-state index in [-0.39, 0.29) is 5.41 Å². The van der Waals surface area contributed by atoms with E-state index in [1.165, 1.54) is 11.1 Å². The van der Waals surface area contributed by atoms with Crippen molar-refractivity contribution in [2.75, 3.05) is 7.11 Å². The van der Waals surface area contributed by atoms with Gasteiger partial charge in [0.15, 0.2) is 0 Å². The summed E-state index contributed by atoms with van der Waals surface area (Å²) in [5, 5.41) is 2.19. The fourth-order valence-electron chi connectivity index (χ4n) is 3.40. The zero-order chi connectivity index (χ0) is 14.6. The van der Waals surface area contributed by atoms with E-state index >= 15 is 0 Å². The quantitative estimate of drug-likeness (QED) is 0.675. The van der Waals surface area contributed by atoms with Crippen LogP contribution in [0.25, 0.3) is 22.0 Å². The Morgan fingerprint density at radius 3 is 2.76 bits per heavy atom. The van der Waals surface area contributed by atoms with Gasteiger partial charge in [0.2, 0.25) is 0 Å². The lowest BCUT2D eigenvalue weighted by atomic mass is 9.82. The molecule has 1 aromatic carbocycles.